The number of piperidine rings is 1. The average molecular weight is 490 g/mol. The molecular weight excluding hydrogens is 468 g/mol. The summed E-state index contributed by atoms with van der Waals surface area (Å²) in [4.78, 5) is 6.17. The van der Waals surface area contributed by atoms with Gasteiger partial charge in [0.15, 0.2) is 11.4 Å². The summed E-state index contributed by atoms with van der Waals surface area (Å²) in [5.74, 6) is -0.198. The molecule has 2 N–H and O–H groups in total. The van der Waals surface area contributed by atoms with Gasteiger partial charge in [0.25, 0.3) is 0 Å². The molecule has 0 saturated carbocycles. The highest BCUT2D eigenvalue weighted by Crippen LogP contribution is 2.41. The van der Waals surface area contributed by atoms with Gasteiger partial charge in [0, 0.05) is 41.0 Å². The molecule has 4 aromatic rings. The van der Waals surface area contributed by atoms with Crippen molar-refractivity contribution in [1.29, 1.82) is 0 Å². The van der Waals surface area contributed by atoms with E-state index in [2.05, 4.69) is 15.1 Å². The lowest BCUT2D eigenvalue weighted by molar-refractivity contribution is 0.227. The van der Waals surface area contributed by atoms with E-state index in [0.717, 1.165) is 42.4 Å². The second-order valence-electron chi connectivity index (χ2n) is 8.05. The zero-order valence-electron chi connectivity index (χ0n) is 17.9. The van der Waals surface area contributed by atoms with E-state index in [0.29, 0.717) is 11.1 Å². The van der Waals surface area contributed by atoms with Crippen LogP contribution in [0.25, 0.3) is 22.1 Å². The van der Waals surface area contributed by atoms with Gasteiger partial charge >= 0.3 is 0 Å². The van der Waals surface area contributed by atoms with Crippen LogP contribution in [0.15, 0.2) is 41.4 Å². The van der Waals surface area contributed by atoms with Gasteiger partial charge in [-0.05, 0) is 38.3 Å². The Kier molecular flexibility index (Phi) is 5.80. The first kappa shape index (κ1) is 21.9. The Morgan fingerprint density at radius 2 is 1.97 bits per heavy atom. The Hall–Kier alpha value is -2.97. The number of hydrogen-bond donors (Lipinski definition) is 1. The van der Waals surface area contributed by atoms with E-state index < -0.39 is 11.9 Å². The molecule has 0 bridgehead atoms. The van der Waals surface area contributed by atoms with E-state index in [1.807, 2.05) is 11.0 Å². The number of anilines is 1. The van der Waals surface area contributed by atoms with Crippen LogP contribution >= 0.6 is 23.2 Å². The Bertz CT molecular complexity index is 1320. The second kappa shape index (κ2) is 8.76. The predicted octanol–water partition coefficient (Wildman–Crippen LogP) is 5.98. The number of halogens is 3. The predicted molar refractivity (Wildman–Crippen MR) is 127 cm³/mol. The maximum absolute atomic E-state index is 14.0. The van der Waals surface area contributed by atoms with Crippen molar-refractivity contribution in [2.45, 2.75) is 32.3 Å². The number of rotatable bonds is 5. The summed E-state index contributed by atoms with van der Waals surface area (Å²) >= 11 is 12.4. The normalized spacial score (nSPS) is 15.2. The fourth-order valence-corrected chi connectivity index (χ4v) is 4.83. The molecule has 4 heterocycles. The maximum Gasteiger partial charge on any atom is 0.205 e. The SMILES string of the molecule is C[C@H](Oc1c(N)ncc2c(-c3cnn(N4CCCCC4)c3)coc12)c1c(Cl)ccc(F)c1Cl. The second-order valence-corrected chi connectivity index (χ2v) is 8.83. The van der Waals surface area contributed by atoms with Gasteiger partial charge < -0.3 is 14.9 Å². The molecule has 1 aliphatic rings. The Morgan fingerprint density at radius 1 is 1.18 bits per heavy atom. The standard InChI is InChI=1S/C23H22Cl2FN5O2/c1-13(19-17(24)5-6-18(26)20(19)25)33-22-21-15(10-28-23(22)27)16(12-32-21)14-9-29-31(11-14)30-7-3-2-4-8-30/h5-6,9-13H,2-4,7-8H2,1H3,(H2,27,28)/t13-/m0/s1. The van der Waals surface area contributed by atoms with E-state index in [4.69, 9.17) is 38.1 Å². The van der Waals surface area contributed by atoms with Gasteiger partial charge in [-0.2, -0.15) is 9.89 Å². The van der Waals surface area contributed by atoms with Crippen molar-refractivity contribution in [2.75, 3.05) is 23.8 Å². The van der Waals surface area contributed by atoms with Crippen molar-refractivity contribution in [3.05, 3.63) is 58.4 Å². The van der Waals surface area contributed by atoms with Crippen molar-refractivity contribution in [3.63, 3.8) is 0 Å². The van der Waals surface area contributed by atoms with E-state index in [1.165, 1.54) is 18.6 Å². The molecule has 7 nitrogen and oxygen atoms in total. The molecule has 33 heavy (non-hydrogen) atoms. The first-order chi connectivity index (χ1) is 15.9. The first-order valence-electron chi connectivity index (χ1n) is 10.7. The summed E-state index contributed by atoms with van der Waals surface area (Å²) in [6, 6.07) is 2.64. The largest absolute Gasteiger partial charge is 0.478 e. The van der Waals surface area contributed by atoms with Gasteiger partial charge in [-0.1, -0.05) is 23.2 Å². The maximum atomic E-state index is 14.0. The Morgan fingerprint density at radius 3 is 2.76 bits per heavy atom. The zero-order chi connectivity index (χ0) is 23.1. The highest BCUT2D eigenvalue weighted by Gasteiger charge is 2.23. The molecule has 0 unspecified atom stereocenters. The van der Waals surface area contributed by atoms with Gasteiger partial charge in [0.05, 0.1) is 22.8 Å². The van der Waals surface area contributed by atoms with E-state index in [9.17, 15) is 4.39 Å². The lowest BCUT2D eigenvalue weighted by Crippen LogP contribution is -2.39. The van der Waals surface area contributed by atoms with Crippen LogP contribution in [-0.2, 0) is 0 Å². The van der Waals surface area contributed by atoms with Crippen LogP contribution < -0.4 is 15.5 Å². The number of hydrogen-bond acceptors (Lipinski definition) is 6. The highest BCUT2D eigenvalue weighted by atomic mass is 35.5. The number of aromatic nitrogens is 3. The van der Waals surface area contributed by atoms with E-state index >= 15 is 0 Å². The molecule has 1 fully saturated rings. The Labute approximate surface area is 199 Å². The molecule has 1 saturated heterocycles. The van der Waals surface area contributed by atoms with Crippen LogP contribution in [0.2, 0.25) is 10.0 Å². The van der Waals surface area contributed by atoms with Crippen LogP contribution in [-0.4, -0.2) is 28.0 Å². The van der Waals surface area contributed by atoms with Gasteiger partial charge in [-0.15, -0.1) is 0 Å². The fraction of sp³-hybridized carbons (Fsp3) is 0.304. The molecule has 0 radical (unpaired) electrons. The quantitative estimate of drug-likeness (QED) is 0.347. The average Bonchev–Trinajstić information content (AvgIpc) is 3.46. The number of furan rings is 1. The minimum atomic E-state index is -0.703. The summed E-state index contributed by atoms with van der Waals surface area (Å²) in [7, 11) is 0. The third kappa shape index (κ3) is 3.98. The number of ether oxygens (including phenoxy) is 1. The number of nitrogens with zero attached hydrogens (tertiary/aromatic N) is 4. The molecule has 10 heteroatoms. The van der Waals surface area contributed by atoms with Crippen LogP contribution in [0.4, 0.5) is 10.2 Å². The smallest absolute Gasteiger partial charge is 0.205 e. The summed E-state index contributed by atoms with van der Waals surface area (Å²) in [6.07, 6.45) is 9.90. The van der Waals surface area contributed by atoms with Crippen LogP contribution in [0.3, 0.4) is 0 Å². The zero-order valence-corrected chi connectivity index (χ0v) is 19.4. The van der Waals surface area contributed by atoms with Crippen molar-refractivity contribution in [1.82, 2.24) is 14.9 Å². The number of benzene rings is 1. The topological polar surface area (TPSA) is 82.3 Å². The van der Waals surface area contributed by atoms with Crippen LogP contribution in [0.1, 0.15) is 37.9 Å². The number of nitrogen functional groups attached to an aromatic ring is 1. The molecule has 1 aromatic carbocycles. The van der Waals surface area contributed by atoms with Gasteiger partial charge in [-0.25, -0.2) is 9.37 Å². The lowest BCUT2D eigenvalue weighted by atomic mass is 10.1. The third-order valence-corrected chi connectivity index (χ3v) is 6.60. The van der Waals surface area contributed by atoms with E-state index in [-0.39, 0.29) is 21.6 Å². The molecular formula is C23H22Cl2FN5O2. The molecule has 0 aliphatic carbocycles. The number of pyridine rings is 1. The molecule has 1 aliphatic heterocycles. The molecule has 3 aromatic heterocycles. The van der Waals surface area contributed by atoms with Gasteiger partial charge in [-0.3, -0.25) is 5.01 Å². The minimum Gasteiger partial charge on any atom is -0.478 e. The van der Waals surface area contributed by atoms with Crippen molar-refractivity contribution in [3.8, 4) is 16.9 Å². The van der Waals surface area contributed by atoms with Gasteiger partial charge in [0.2, 0.25) is 5.75 Å². The summed E-state index contributed by atoms with van der Waals surface area (Å²) in [6.45, 7) is 3.66. The summed E-state index contributed by atoms with van der Waals surface area (Å²) in [5.41, 5.74) is 8.57. The molecule has 0 amide bonds. The fourth-order valence-electron chi connectivity index (χ4n) is 4.16. The summed E-state index contributed by atoms with van der Waals surface area (Å²) < 4.78 is 25.9. The van der Waals surface area contributed by atoms with Crippen LogP contribution in [0, 0.1) is 5.82 Å². The molecule has 0 spiro atoms. The molecule has 1 atom stereocenters. The van der Waals surface area contributed by atoms with Crippen LogP contribution in [0.5, 0.6) is 5.75 Å². The lowest BCUT2D eigenvalue weighted by Gasteiger charge is -2.28. The number of nitrogens with two attached hydrogens (primary N) is 1. The monoisotopic (exact) mass is 489 g/mol. The molecule has 172 valence electrons. The summed E-state index contributed by atoms with van der Waals surface area (Å²) in [5, 5.41) is 7.65. The first-order valence-corrected chi connectivity index (χ1v) is 11.5. The third-order valence-electron chi connectivity index (χ3n) is 5.88. The van der Waals surface area contributed by atoms with E-state index in [1.54, 1.807) is 25.6 Å². The highest BCUT2D eigenvalue weighted by molar-refractivity contribution is 6.36. The van der Waals surface area contributed by atoms with Crippen molar-refractivity contribution in [2.24, 2.45) is 0 Å². The van der Waals surface area contributed by atoms with Crippen molar-refractivity contribution >= 4 is 40.0 Å². The number of fused-ring (bicyclic) bond motifs is 1. The Balaban J connectivity index is 1.49. The minimum absolute atomic E-state index is 0.0982. The van der Waals surface area contributed by atoms with Gasteiger partial charge in [0.1, 0.15) is 18.2 Å². The van der Waals surface area contributed by atoms with Crippen molar-refractivity contribution < 1.29 is 13.5 Å². The molecule has 5 rings (SSSR count).